The predicted octanol–water partition coefficient (Wildman–Crippen LogP) is 1.14. The first-order chi connectivity index (χ1) is 11.4. The van der Waals surface area contributed by atoms with Gasteiger partial charge in [-0.3, -0.25) is 9.69 Å². The molecule has 3 rings (SSSR count). The van der Waals surface area contributed by atoms with Crippen LogP contribution in [0.25, 0.3) is 11.1 Å². The van der Waals surface area contributed by atoms with Gasteiger partial charge in [0.1, 0.15) is 5.82 Å². The number of carbonyl (C=O) groups is 1. The maximum atomic E-state index is 12.2. The van der Waals surface area contributed by atoms with Gasteiger partial charge in [-0.05, 0) is 31.7 Å². The van der Waals surface area contributed by atoms with E-state index in [1.807, 2.05) is 0 Å². The third-order valence-corrected chi connectivity index (χ3v) is 5.50. The monoisotopic (exact) mass is 382 g/mol. The number of aromatic nitrogens is 1. The molecule has 1 aromatic heterocycles. The summed E-state index contributed by atoms with van der Waals surface area (Å²) in [5.41, 5.74) is 6.93. The van der Waals surface area contributed by atoms with Crippen LogP contribution in [-0.4, -0.2) is 38.9 Å². The summed E-state index contributed by atoms with van der Waals surface area (Å²) in [7, 11) is -2.21. The minimum Gasteiger partial charge on any atom is -0.320 e. The lowest BCUT2D eigenvalue weighted by molar-refractivity contribution is -0.118. The summed E-state index contributed by atoms with van der Waals surface area (Å²) in [6, 6.07) is 9.67. The number of amides is 1. The Morgan fingerprint density at radius 3 is 2.52 bits per heavy atom. The Hall–Kier alpha value is -2.00. The summed E-state index contributed by atoms with van der Waals surface area (Å²) in [5.74, 6) is 0.374. The number of rotatable bonds is 4. The van der Waals surface area contributed by atoms with Crippen molar-refractivity contribution in [3.63, 3.8) is 0 Å². The van der Waals surface area contributed by atoms with Crippen molar-refractivity contribution in [2.75, 3.05) is 18.5 Å². The molecule has 25 heavy (non-hydrogen) atoms. The first-order valence-corrected chi connectivity index (χ1v) is 8.98. The quantitative estimate of drug-likeness (QED) is 0.824. The number of halogens is 1. The summed E-state index contributed by atoms with van der Waals surface area (Å²) in [5, 5.41) is 0. The molecule has 1 aliphatic rings. The molecule has 2 aromatic rings. The van der Waals surface area contributed by atoms with Crippen molar-refractivity contribution in [1.82, 2.24) is 9.71 Å². The summed E-state index contributed by atoms with van der Waals surface area (Å²) >= 11 is 0. The summed E-state index contributed by atoms with van der Waals surface area (Å²) in [6.45, 7) is 0.539. The number of anilines is 1. The van der Waals surface area contributed by atoms with E-state index in [9.17, 15) is 13.2 Å². The van der Waals surface area contributed by atoms with Crippen molar-refractivity contribution >= 4 is 34.2 Å². The molecule has 0 aliphatic carbocycles. The van der Waals surface area contributed by atoms with Gasteiger partial charge in [-0.1, -0.05) is 18.2 Å². The van der Waals surface area contributed by atoms with E-state index in [4.69, 9.17) is 5.73 Å². The van der Waals surface area contributed by atoms with Crippen molar-refractivity contribution in [3.05, 3.63) is 42.6 Å². The van der Waals surface area contributed by atoms with E-state index in [0.29, 0.717) is 29.9 Å². The Labute approximate surface area is 152 Å². The van der Waals surface area contributed by atoms with Crippen LogP contribution in [0.2, 0.25) is 0 Å². The third-order valence-electron chi connectivity index (χ3n) is 4.03. The number of hydrogen-bond acceptors (Lipinski definition) is 5. The molecule has 134 valence electrons. The van der Waals surface area contributed by atoms with Crippen LogP contribution in [0.1, 0.15) is 6.42 Å². The van der Waals surface area contributed by atoms with Crippen LogP contribution in [0.4, 0.5) is 5.82 Å². The molecule has 0 spiro atoms. The summed E-state index contributed by atoms with van der Waals surface area (Å²) < 4.78 is 26.6. The molecule has 3 N–H and O–H groups in total. The lowest BCUT2D eigenvalue weighted by Gasteiger charge is -2.15. The van der Waals surface area contributed by atoms with Crippen LogP contribution in [0.15, 0.2) is 47.5 Å². The Morgan fingerprint density at radius 2 is 1.96 bits per heavy atom. The Kier molecular flexibility index (Phi) is 5.79. The standard InChI is InChI=1S/C16H18N4O3S.ClH/c1-18-24(22,23)14-5-3-2-4-12(14)11-6-7-15(19-10-11)20-9-8-13(17)16(20)21;/h2-7,10,13,18H,8-9,17H2,1H3;1H/t13-;/m0./s1. The van der Waals surface area contributed by atoms with Gasteiger partial charge in [0.15, 0.2) is 0 Å². The smallest absolute Gasteiger partial charge is 0.245 e. The predicted molar refractivity (Wildman–Crippen MR) is 98.1 cm³/mol. The van der Waals surface area contributed by atoms with E-state index in [0.717, 1.165) is 0 Å². The fourth-order valence-corrected chi connectivity index (χ4v) is 3.64. The largest absolute Gasteiger partial charge is 0.320 e. The van der Waals surface area contributed by atoms with Crippen LogP contribution in [-0.2, 0) is 14.8 Å². The number of hydrogen-bond donors (Lipinski definition) is 2. The van der Waals surface area contributed by atoms with E-state index >= 15 is 0 Å². The molecule has 1 amide bonds. The van der Waals surface area contributed by atoms with Crippen LogP contribution in [0.3, 0.4) is 0 Å². The lowest BCUT2D eigenvalue weighted by atomic mass is 10.1. The molecule has 1 fully saturated rings. The highest BCUT2D eigenvalue weighted by atomic mass is 35.5. The number of sulfonamides is 1. The first-order valence-electron chi connectivity index (χ1n) is 7.50. The Bertz CT molecular complexity index is 871. The van der Waals surface area contributed by atoms with Crippen LogP contribution >= 0.6 is 12.4 Å². The molecule has 0 radical (unpaired) electrons. The molecule has 0 saturated carbocycles. The van der Waals surface area contributed by atoms with Gasteiger partial charge in [-0.15, -0.1) is 12.4 Å². The molecular formula is C16H19ClN4O3S. The zero-order valence-electron chi connectivity index (χ0n) is 13.5. The molecule has 1 saturated heterocycles. The molecule has 2 heterocycles. The van der Waals surface area contributed by atoms with Crippen LogP contribution < -0.4 is 15.4 Å². The molecule has 9 heteroatoms. The SMILES string of the molecule is CNS(=O)(=O)c1ccccc1-c1ccc(N2CC[C@H](N)C2=O)nc1.Cl. The van der Waals surface area contributed by atoms with E-state index in [1.54, 1.807) is 41.4 Å². The second-order valence-corrected chi connectivity index (χ2v) is 7.35. The molecule has 1 atom stereocenters. The highest BCUT2D eigenvalue weighted by molar-refractivity contribution is 7.89. The van der Waals surface area contributed by atoms with Gasteiger partial charge in [0, 0.05) is 23.9 Å². The van der Waals surface area contributed by atoms with Crippen LogP contribution in [0, 0.1) is 0 Å². The highest BCUT2D eigenvalue weighted by Gasteiger charge is 2.30. The van der Waals surface area contributed by atoms with Gasteiger partial charge in [0.2, 0.25) is 15.9 Å². The molecule has 0 bridgehead atoms. The van der Waals surface area contributed by atoms with Crippen molar-refractivity contribution < 1.29 is 13.2 Å². The minimum atomic E-state index is -3.58. The average molecular weight is 383 g/mol. The molecule has 1 aromatic carbocycles. The number of pyridine rings is 1. The second kappa shape index (κ2) is 7.49. The van der Waals surface area contributed by atoms with Crippen molar-refractivity contribution in [3.8, 4) is 11.1 Å². The molecule has 0 unspecified atom stereocenters. The third kappa shape index (κ3) is 3.67. The van der Waals surface area contributed by atoms with E-state index < -0.39 is 16.1 Å². The van der Waals surface area contributed by atoms with E-state index in [1.165, 1.54) is 13.1 Å². The number of carbonyl (C=O) groups excluding carboxylic acids is 1. The van der Waals surface area contributed by atoms with Gasteiger partial charge in [-0.2, -0.15) is 0 Å². The number of nitrogens with zero attached hydrogens (tertiary/aromatic N) is 2. The fourth-order valence-electron chi connectivity index (χ4n) is 2.68. The summed E-state index contributed by atoms with van der Waals surface area (Å²) in [4.78, 5) is 18.0. The first kappa shape index (κ1) is 19.3. The number of nitrogens with one attached hydrogen (secondary N) is 1. The van der Waals surface area contributed by atoms with Gasteiger partial charge in [-0.25, -0.2) is 18.1 Å². The highest BCUT2D eigenvalue weighted by Crippen LogP contribution is 2.28. The van der Waals surface area contributed by atoms with Gasteiger partial charge in [0.05, 0.1) is 10.9 Å². The molecule has 7 nitrogen and oxygen atoms in total. The van der Waals surface area contributed by atoms with Crippen molar-refractivity contribution in [2.45, 2.75) is 17.4 Å². The van der Waals surface area contributed by atoms with E-state index in [2.05, 4.69) is 9.71 Å². The molecular weight excluding hydrogens is 364 g/mol. The Balaban J connectivity index is 0.00000225. The van der Waals surface area contributed by atoms with E-state index in [-0.39, 0.29) is 23.2 Å². The van der Waals surface area contributed by atoms with Gasteiger partial charge >= 0.3 is 0 Å². The minimum absolute atomic E-state index is 0. The second-order valence-electron chi connectivity index (χ2n) is 5.49. The van der Waals surface area contributed by atoms with Crippen LogP contribution in [0.5, 0.6) is 0 Å². The normalized spacial score (nSPS) is 17.4. The number of nitrogens with two attached hydrogens (primary N) is 1. The molecule has 1 aliphatic heterocycles. The number of benzene rings is 1. The lowest BCUT2D eigenvalue weighted by Crippen LogP contribution is -2.34. The summed E-state index contributed by atoms with van der Waals surface area (Å²) in [6.07, 6.45) is 2.17. The maximum Gasteiger partial charge on any atom is 0.245 e. The van der Waals surface area contributed by atoms with Crippen molar-refractivity contribution in [1.29, 1.82) is 0 Å². The van der Waals surface area contributed by atoms with Gasteiger partial charge < -0.3 is 5.73 Å². The fraction of sp³-hybridized carbons (Fsp3) is 0.250. The van der Waals surface area contributed by atoms with Gasteiger partial charge in [0.25, 0.3) is 0 Å². The van der Waals surface area contributed by atoms with Crippen molar-refractivity contribution in [2.24, 2.45) is 5.73 Å². The average Bonchev–Trinajstić information content (AvgIpc) is 2.94. The zero-order chi connectivity index (χ0) is 17.3. The Morgan fingerprint density at radius 1 is 1.24 bits per heavy atom. The maximum absolute atomic E-state index is 12.2. The zero-order valence-corrected chi connectivity index (χ0v) is 15.2. The topological polar surface area (TPSA) is 105 Å².